The number of imide groups is 1. The number of aryl methyl sites for hydroxylation is 1. The van der Waals surface area contributed by atoms with Crippen LogP contribution in [0.1, 0.15) is 108 Å². The molecule has 1 saturated carbocycles. The predicted molar refractivity (Wildman–Crippen MR) is 285 cm³/mol. The number of fused-ring (bicyclic) bond motifs is 3. The van der Waals surface area contributed by atoms with Crippen LogP contribution in [0, 0.1) is 5.41 Å². The average molecular weight is 1070 g/mol. The Morgan fingerprint density at radius 3 is 2.40 bits per heavy atom. The number of anilines is 3. The Morgan fingerprint density at radius 2 is 1.65 bits per heavy atom. The minimum atomic E-state index is -4.88. The lowest BCUT2D eigenvalue weighted by Crippen LogP contribution is -2.51. The number of carbonyl (C=O) groups is 5. The number of para-hydroxylation sites is 1. The lowest BCUT2D eigenvalue weighted by Gasteiger charge is -2.51. The van der Waals surface area contributed by atoms with E-state index in [1.165, 1.54) is 35.6 Å². The third-order valence-electron chi connectivity index (χ3n) is 15.1. The van der Waals surface area contributed by atoms with Crippen LogP contribution >= 0.6 is 11.3 Å². The quantitative estimate of drug-likeness (QED) is 0.0823. The fraction of sp³-hybridized carbons (Fsp3) is 0.368. The van der Waals surface area contributed by atoms with Gasteiger partial charge in [-0.15, -0.1) is 0 Å². The molecule has 77 heavy (non-hydrogen) atoms. The number of thiazole rings is 1. The third-order valence-corrected chi connectivity index (χ3v) is 16.0. The molecule has 6 heterocycles. The van der Waals surface area contributed by atoms with Gasteiger partial charge in [0, 0.05) is 54.3 Å². The van der Waals surface area contributed by atoms with Crippen LogP contribution in [0.3, 0.4) is 0 Å². The first-order chi connectivity index (χ1) is 36.8. The monoisotopic (exact) mass is 1070 g/mol. The molecule has 0 bridgehead atoms. The van der Waals surface area contributed by atoms with E-state index < -0.39 is 35.3 Å². The summed E-state index contributed by atoms with van der Waals surface area (Å²) in [6.07, 6.45) is -1.63. The summed E-state index contributed by atoms with van der Waals surface area (Å²) in [5, 5.41) is 14.1. The topological polar surface area (TPSA) is 190 Å². The van der Waals surface area contributed by atoms with Crippen LogP contribution in [0.5, 0.6) is 5.75 Å². The van der Waals surface area contributed by atoms with Crippen molar-refractivity contribution in [2.75, 3.05) is 41.7 Å². The van der Waals surface area contributed by atoms with Gasteiger partial charge < -0.3 is 19.7 Å². The zero-order chi connectivity index (χ0) is 54.0. The number of rotatable bonds is 11. The molecule has 0 radical (unpaired) electrons. The molecule has 2 saturated heterocycles. The lowest BCUT2D eigenvalue weighted by atomic mass is 9.61. The van der Waals surface area contributed by atoms with Crippen molar-refractivity contribution in [2.24, 2.45) is 12.5 Å². The summed E-state index contributed by atoms with van der Waals surface area (Å²) >= 11 is 1.37. The van der Waals surface area contributed by atoms with E-state index in [1.807, 2.05) is 53.4 Å². The summed E-state index contributed by atoms with van der Waals surface area (Å²) in [4.78, 5) is 78.8. The highest BCUT2D eigenvalue weighted by atomic mass is 32.1. The normalized spacial score (nSPS) is 18.0. The molecule has 4 aromatic carbocycles. The van der Waals surface area contributed by atoms with Crippen LogP contribution in [-0.2, 0) is 45.3 Å². The minimum Gasteiger partial charge on any atom is -0.490 e. The molecule has 7 aromatic rings. The van der Waals surface area contributed by atoms with Crippen LogP contribution in [0.4, 0.5) is 29.8 Å². The molecule has 3 aliphatic heterocycles. The first-order valence-electron chi connectivity index (χ1n) is 25.7. The van der Waals surface area contributed by atoms with Crippen LogP contribution in [0.2, 0.25) is 0 Å². The van der Waals surface area contributed by atoms with Gasteiger partial charge in [-0.05, 0) is 144 Å². The van der Waals surface area contributed by atoms with Crippen LogP contribution in [0.15, 0.2) is 91.0 Å². The SMILES string of the molecule is Cn1nc(C2CCC(=O)NC2=O)c2ccc(NC(=O)CN3CCC4(CC3)CC(Oc3cccc(-c5ccc(N6CCc7cccc(C(=O)Nc8nc9ccccc9s8)c7C6)nc5C(=O)OC(C)(C)C)c3C(F)(F)F)C4)cc21. The number of carbonyl (C=O) groups excluding carboxylic acids is 5. The number of ether oxygens (including phenoxy) is 2. The molecule has 1 spiro atoms. The molecule has 20 heteroatoms. The molecule has 16 nitrogen and oxygen atoms in total. The molecule has 11 rings (SSSR count). The molecule has 1 unspecified atom stereocenters. The number of nitrogens with one attached hydrogen (secondary N) is 3. The van der Waals surface area contributed by atoms with E-state index in [0.717, 1.165) is 45.1 Å². The maximum Gasteiger partial charge on any atom is 0.420 e. The van der Waals surface area contributed by atoms with E-state index in [9.17, 15) is 24.0 Å². The van der Waals surface area contributed by atoms with Crippen LogP contribution < -0.4 is 25.6 Å². The number of nitrogens with zero attached hydrogens (tertiary/aromatic N) is 6. The van der Waals surface area contributed by atoms with Crippen molar-refractivity contribution in [1.29, 1.82) is 0 Å². The van der Waals surface area contributed by atoms with Crippen molar-refractivity contribution < 1.29 is 46.6 Å². The number of likely N-dealkylation sites (tertiary alicyclic amines) is 1. The minimum absolute atomic E-state index is 0.0629. The van der Waals surface area contributed by atoms with Gasteiger partial charge in [0.05, 0.1) is 40.0 Å². The number of alkyl halides is 3. The van der Waals surface area contributed by atoms with Gasteiger partial charge in [0.15, 0.2) is 10.8 Å². The molecule has 4 aliphatic rings. The van der Waals surface area contributed by atoms with E-state index in [4.69, 9.17) is 14.5 Å². The highest BCUT2D eigenvalue weighted by molar-refractivity contribution is 7.22. The van der Waals surface area contributed by atoms with Gasteiger partial charge in [-0.2, -0.15) is 18.3 Å². The molecular formula is C57H56F3N9O7S. The predicted octanol–water partition coefficient (Wildman–Crippen LogP) is 9.82. The Hall–Kier alpha value is -7.71. The summed E-state index contributed by atoms with van der Waals surface area (Å²) in [6, 6.07) is 25.7. The Balaban J connectivity index is 0.760. The second-order valence-corrected chi connectivity index (χ2v) is 22.5. The van der Waals surface area contributed by atoms with Crippen molar-refractivity contribution in [2.45, 2.75) is 96.1 Å². The zero-order valence-corrected chi connectivity index (χ0v) is 43.7. The molecule has 1 atom stereocenters. The number of esters is 1. The van der Waals surface area contributed by atoms with Crippen LogP contribution in [0.25, 0.3) is 32.2 Å². The highest BCUT2D eigenvalue weighted by Crippen LogP contribution is 2.52. The van der Waals surface area contributed by atoms with Gasteiger partial charge >= 0.3 is 12.1 Å². The Morgan fingerprint density at radius 1 is 0.870 bits per heavy atom. The lowest BCUT2D eigenvalue weighted by molar-refractivity contribution is -0.140. The zero-order valence-electron chi connectivity index (χ0n) is 42.9. The number of halogens is 3. The second-order valence-electron chi connectivity index (χ2n) is 21.5. The van der Waals surface area contributed by atoms with Gasteiger partial charge in [0.25, 0.3) is 5.91 Å². The van der Waals surface area contributed by atoms with Crippen LogP contribution in [-0.4, -0.2) is 92.1 Å². The van der Waals surface area contributed by atoms with Gasteiger partial charge in [-0.1, -0.05) is 47.7 Å². The summed E-state index contributed by atoms with van der Waals surface area (Å²) in [5.41, 5.74) is 2.08. The number of hydrogen-bond acceptors (Lipinski definition) is 13. The maximum atomic E-state index is 15.5. The third kappa shape index (κ3) is 10.6. The summed E-state index contributed by atoms with van der Waals surface area (Å²) in [5.74, 6) is -2.64. The first kappa shape index (κ1) is 51.4. The number of aromatic nitrogens is 4. The highest BCUT2D eigenvalue weighted by Gasteiger charge is 2.48. The largest absolute Gasteiger partial charge is 0.490 e. The number of hydrogen-bond donors (Lipinski definition) is 3. The Kier molecular flexibility index (Phi) is 13.4. The van der Waals surface area contributed by atoms with E-state index in [1.54, 1.807) is 50.7 Å². The molecule has 3 N–H and O–H groups in total. The average Bonchev–Trinajstić information content (AvgIpc) is 3.94. The standard InChI is InChI=1S/C57H56F3N9O7S/c1-55(2,3)76-53(74)50-36(17-19-45(63-50)69-24-21-32-9-7-11-37(40(32)30-69)51(72)65-54-62-41-12-5-6-14-44(41)77-54)35-10-8-13-43(48(35)57(58,59)60)75-34-28-56(29-34)22-25-68(26-23-56)31-47(71)61-33-15-16-38-42(27-33)67(4)66-49(38)39-18-20-46(70)64-52(39)73/h5-17,19,27,34,39H,18,20-26,28-31H2,1-4H3,(H,61,71)(H,62,65,72)(H,64,70,73). The first-order valence-corrected chi connectivity index (χ1v) is 26.5. The smallest absolute Gasteiger partial charge is 0.420 e. The molecule has 4 amide bonds. The molecule has 1 aliphatic carbocycles. The van der Waals surface area contributed by atoms with Gasteiger partial charge in [-0.3, -0.25) is 39.4 Å². The van der Waals surface area contributed by atoms with E-state index >= 15 is 13.2 Å². The fourth-order valence-corrected chi connectivity index (χ4v) is 12.2. The number of benzene rings is 4. The van der Waals surface area contributed by atoms with Crippen molar-refractivity contribution >= 4 is 78.7 Å². The van der Waals surface area contributed by atoms with Crippen molar-refractivity contribution in [3.05, 3.63) is 125 Å². The molecular weight excluding hydrogens is 1010 g/mol. The van der Waals surface area contributed by atoms with Crippen molar-refractivity contribution in [1.82, 2.24) is 30.0 Å². The number of piperidine rings is 2. The Bertz CT molecular complexity index is 3480. The number of pyridine rings is 1. The second kappa shape index (κ2) is 20.0. The van der Waals surface area contributed by atoms with Gasteiger partial charge in [0.2, 0.25) is 17.7 Å². The van der Waals surface area contributed by atoms with Gasteiger partial charge in [0.1, 0.15) is 22.7 Å². The van der Waals surface area contributed by atoms with E-state index in [0.29, 0.717) is 73.2 Å². The summed E-state index contributed by atoms with van der Waals surface area (Å²) in [7, 11) is 1.76. The van der Waals surface area contributed by atoms with Crippen molar-refractivity contribution in [3.8, 4) is 16.9 Å². The van der Waals surface area contributed by atoms with E-state index in [-0.39, 0.29) is 71.1 Å². The van der Waals surface area contributed by atoms with Gasteiger partial charge in [-0.25, -0.2) is 14.8 Å². The molecule has 398 valence electrons. The fourth-order valence-electron chi connectivity index (χ4n) is 11.3. The summed E-state index contributed by atoms with van der Waals surface area (Å²) in [6.45, 7) is 7.14. The Labute approximate surface area is 445 Å². The molecule has 3 aromatic heterocycles. The van der Waals surface area contributed by atoms with E-state index in [2.05, 4.69) is 30.9 Å². The van der Waals surface area contributed by atoms with Crippen molar-refractivity contribution in [3.63, 3.8) is 0 Å². The summed E-state index contributed by atoms with van der Waals surface area (Å²) < 4.78 is 61.0. The molecule has 3 fully saturated rings. The maximum absolute atomic E-state index is 15.5. The number of amides is 4.